The molecule has 0 saturated carbocycles. The Morgan fingerprint density at radius 1 is 1.40 bits per heavy atom. The van der Waals surface area contributed by atoms with Crippen molar-refractivity contribution in [1.82, 2.24) is 9.97 Å². The second-order valence-corrected chi connectivity index (χ2v) is 3.94. The van der Waals surface area contributed by atoms with Crippen molar-refractivity contribution in [3.8, 4) is 0 Å². The van der Waals surface area contributed by atoms with E-state index in [9.17, 15) is 0 Å². The molecule has 0 bridgehead atoms. The quantitative estimate of drug-likeness (QED) is 0.619. The second kappa shape index (κ2) is 3.68. The van der Waals surface area contributed by atoms with E-state index in [1.807, 2.05) is 6.20 Å². The van der Waals surface area contributed by atoms with Crippen molar-refractivity contribution >= 4 is 23.6 Å². The number of nitrogens with zero attached hydrogens (tertiary/aromatic N) is 1. The Morgan fingerprint density at radius 3 is 2.73 bits per heavy atom. The molecule has 4 nitrogen and oxygen atoms in total. The molecule has 0 fully saturated rings. The number of hydrogen-bond acceptors (Lipinski definition) is 3. The molecule has 0 spiro atoms. The monoisotopic (exact) mass is 204 g/mol. The van der Waals surface area contributed by atoms with Crippen LogP contribution < -0.4 is 5.46 Å². The number of fused-ring (bicyclic) bond motifs is 1. The summed E-state index contributed by atoms with van der Waals surface area (Å²) in [6, 6.07) is 1.76. The van der Waals surface area contributed by atoms with Crippen molar-refractivity contribution < 1.29 is 10.0 Å². The Bertz CT molecular complexity index is 479. The number of aromatic amines is 1. The first-order chi connectivity index (χ1) is 7.09. The lowest BCUT2D eigenvalue weighted by molar-refractivity contribution is 0.425. The van der Waals surface area contributed by atoms with Gasteiger partial charge in [0, 0.05) is 23.2 Å². The van der Waals surface area contributed by atoms with Gasteiger partial charge in [0.2, 0.25) is 0 Å². The average Bonchev–Trinajstić information content (AvgIpc) is 2.59. The molecule has 5 heteroatoms. The van der Waals surface area contributed by atoms with Crippen LogP contribution in [0.2, 0.25) is 0 Å². The fraction of sp³-hybridized carbons (Fsp3) is 0.300. The molecule has 0 atom stereocenters. The van der Waals surface area contributed by atoms with Gasteiger partial charge in [0.05, 0.1) is 0 Å². The van der Waals surface area contributed by atoms with Gasteiger partial charge in [0.25, 0.3) is 0 Å². The van der Waals surface area contributed by atoms with Crippen molar-refractivity contribution in [2.75, 3.05) is 0 Å². The summed E-state index contributed by atoms with van der Waals surface area (Å²) < 4.78 is 0. The van der Waals surface area contributed by atoms with E-state index in [4.69, 9.17) is 10.0 Å². The highest BCUT2D eigenvalue weighted by molar-refractivity contribution is 6.58. The van der Waals surface area contributed by atoms with Gasteiger partial charge in [-0.3, -0.25) is 0 Å². The zero-order chi connectivity index (χ0) is 11.0. The van der Waals surface area contributed by atoms with E-state index in [1.54, 1.807) is 6.07 Å². The third-order valence-corrected chi connectivity index (χ3v) is 2.50. The summed E-state index contributed by atoms with van der Waals surface area (Å²) in [6.45, 7) is 4.18. The molecule has 0 saturated heterocycles. The minimum Gasteiger partial charge on any atom is -0.423 e. The number of nitrogens with one attached hydrogen (secondary N) is 1. The summed E-state index contributed by atoms with van der Waals surface area (Å²) in [5.41, 5.74) is 2.34. The lowest BCUT2D eigenvalue weighted by atomic mass is 9.81. The molecule has 2 heterocycles. The molecule has 2 aromatic heterocycles. The molecule has 0 amide bonds. The maximum Gasteiger partial charge on any atom is 0.490 e. The minimum absolute atomic E-state index is 0.381. The maximum atomic E-state index is 9.06. The molecule has 15 heavy (non-hydrogen) atoms. The molecule has 2 rings (SSSR count). The summed E-state index contributed by atoms with van der Waals surface area (Å²) in [4.78, 5) is 7.19. The molecule has 0 aromatic carbocycles. The SMILES string of the molecule is CC(C)c1c[nH]c2ncc(B(O)O)cc12. The molecule has 78 valence electrons. The summed E-state index contributed by atoms with van der Waals surface area (Å²) in [6.07, 6.45) is 3.38. The molecule has 3 N–H and O–H groups in total. The van der Waals surface area contributed by atoms with Crippen LogP contribution in [0, 0.1) is 0 Å². The van der Waals surface area contributed by atoms with Crippen molar-refractivity contribution in [3.63, 3.8) is 0 Å². The van der Waals surface area contributed by atoms with E-state index >= 15 is 0 Å². The first kappa shape index (κ1) is 10.2. The second-order valence-electron chi connectivity index (χ2n) is 3.94. The van der Waals surface area contributed by atoms with Crippen LogP contribution in [0.5, 0.6) is 0 Å². The topological polar surface area (TPSA) is 69.1 Å². The van der Waals surface area contributed by atoms with Gasteiger partial charge in [-0.05, 0) is 17.5 Å². The summed E-state index contributed by atoms with van der Waals surface area (Å²) in [5.74, 6) is 0.381. The van der Waals surface area contributed by atoms with E-state index < -0.39 is 7.12 Å². The standard InChI is InChI=1S/C10H13BN2O2/c1-6(2)9-5-13-10-8(9)3-7(4-12-10)11(14)15/h3-6,14-15H,1-2H3,(H,12,13). The fourth-order valence-corrected chi connectivity index (χ4v) is 1.66. The van der Waals surface area contributed by atoms with Crippen LogP contribution in [0.15, 0.2) is 18.5 Å². The minimum atomic E-state index is -1.46. The molecule has 0 radical (unpaired) electrons. The first-order valence-electron chi connectivity index (χ1n) is 4.92. The average molecular weight is 204 g/mol. The third kappa shape index (κ3) is 1.76. The Balaban J connectivity index is 2.61. The van der Waals surface area contributed by atoms with Crippen LogP contribution in [0.1, 0.15) is 25.3 Å². The van der Waals surface area contributed by atoms with Crippen molar-refractivity contribution in [1.29, 1.82) is 0 Å². The molecular weight excluding hydrogens is 191 g/mol. The van der Waals surface area contributed by atoms with Gasteiger partial charge in [-0.2, -0.15) is 0 Å². The first-order valence-corrected chi connectivity index (χ1v) is 4.92. The molecular formula is C10H13BN2O2. The largest absolute Gasteiger partial charge is 0.490 e. The van der Waals surface area contributed by atoms with Crippen molar-refractivity contribution in [3.05, 3.63) is 24.0 Å². The van der Waals surface area contributed by atoms with Gasteiger partial charge >= 0.3 is 7.12 Å². The summed E-state index contributed by atoms with van der Waals surface area (Å²) >= 11 is 0. The normalized spacial score (nSPS) is 11.3. The third-order valence-electron chi connectivity index (χ3n) is 2.50. The van der Waals surface area contributed by atoms with Gasteiger partial charge < -0.3 is 15.0 Å². The van der Waals surface area contributed by atoms with E-state index in [2.05, 4.69) is 23.8 Å². The summed E-state index contributed by atoms with van der Waals surface area (Å²) in [5, 5.41) is 19.1. The lowest BCUT2D eigenvalue weighted by Gasteiger charge is -2.03. The smallest absolute Gasteiger partial charge is 0.423 e. The molecule has 2 aromatic rings. The predicted molar refractivity (Wildman–Crippen MR) is 60.0 cm³/mol. The molecule has 0 unspecified atom stereocenters. The fourth-order valence-electron chi connectivity index (χ4n) is 1.66. The number of aromatic nitrogens is 2. The van der Waals surface area contributed by atoms with Crippen molar-refractivity contribution in [2.24, 2.45) is 0 Å². The molecule has 0 aliphatic rings. The van der Waals surface area contributed by atoms with Gasteiger partial charge in [0.15, 0.2) is 0 Å². The zero-order valence-electron chi connectivity index (χ0n) is 8.73. The van der Waals surface area contributed by atoms with Crippen LogP contribution >= 0.6 is 0 Å². The predicted octanol–water partition coefficient (Wildman–Crippen LogP) is 0.366. The van der Waals surface area contributed by atoms with Crippen LogP contribution in [0.3, 0.4) is 0 Å². The Labute approximate surface area is 88.1 Å². The van der Waals surface area contributed by atoms with E-state index in [1.165, 1.54) is 6.20 Å². The zero-order valence-corrected chi connectivity index (χ0v) is 8.73. The summed E-state index contributed by atoms with van der Waals surface area (Å²) in [7, 11) is -1.46. The van der Waals surface area contributed by atoms with Crippen LogP contribution in [-0.2, 0) is 0 Å². The Hall–Kier alpha value is -1.33. The number of rotatable bonds is 2. The van der Waals surface area contributed by atoms with Crippen molar-refractivity contribution in [2.45, 2.75) is 19.8 Å². The van der Waals surface area contributed by atoms with E-state index in [-0.39, 0.29) is 0 Å². The van der Waals surface area contributed by atoms with Gasteiger partial charge in [-0.25, -0.2) is 4.98 Å². The number of pyridine rings is 1. The van der Waals surface area contributed by atoms with Crippen LogP contribution in [0.4, 0.5) is 0 Å². The highest BCUT2D eigenvalue weighted by Gasteiger charge is 2.14. The number of hydrogen-bond donors (Lipinski definition) is 3. The Kier molecular flexibility index (Phi) is 2.50. The number of H-pyrrole nitrogens is 1. The van der Waals surface area contributed by atoms with Gasteiger partial charge in [-0.15, -0.1) is 0 Å². The lowest BCUT2D eigenvalue weighted by Crippen LogP contribution is -2.30. The maximum absolute atomic E-state index is 9.06. The highest BCUT2D eigenvalue weighted by atomic mass is 16.4. The van der Waals surface area contributed by atoms with Crippen LogP contribution in [-0.4, -0.2) is 27.1 Å². The molecule has 0 aliphatic carbocycles. The molecule has 0 aliphatic heterocycles. The van der Waals surface area contributed by atoms with E-state index in [0.29, 0.717) is 11.4 Å². The Morgan fingerprint density at radius 2 is 2.13 bits per heavy atom. The van der Waals surface area contributed by atoms with Gasteiger partial charge in [-0.1, -0.05) is 13.8 Å². The van der Waals surface area contributed by atoms with Gasteiger partial charge in [0.1, 0.15) is 5.65 Å². The highest BCUT2D eigenvalue weighted by Crippen LogP contribution is 2.22. The van der Waals surface area contributed by atoms with Crippen LogP contribution in [0.25, 0.3) is 11.0 Å². The van der Waals surface area contributed by atoms with E-state index in [0.717, 1.165) is 16.6 Å².